The molecule has 0 saturated carbocycles. The summed E-state index contributed by atoms with van der Waals surface area (Å²) in [4.78, 5) is 43.5. The average molecular weight is 351 g/mol. The van der Waals surface area contributed by atoms with Crippen LogP contribution in [0.5, 0.6) is 0 Å². The SMILES string of the molecule is CC(C)C[C@H](C(=O)NCc1ccccn1)N1C(=O)c2ccccc2C1=O. The largest absolute Gasteiger partial charge is 0.349 e. The number of hydrogen-bond donors (Lipinski definition) is 1. The van der Waals surface area contributed by atoms with Crippen LogP contribution in [-0.2, 0) is 11.3 Å². The predicted octanol–water partition coefficient (Wildman–Crippen LogP) is 2.41. The molecule has 6 nitrogen and oxygen atoms in total. The number of imide groups is 1. The van der Waals surface area contributed by atoms with E-state index >= 15 is 0 Å². The summed E-state index contributed by atoms with van der Waals surface area (Å²) in [7, 11) is 0. The van der Waals surface area contributed by atoms with Crippen LogP contribution in [0, 0.1) is 5.92 Å². The van der Waals surface area contributed by atoms with Crippen LogP contribution in [0.15, 0.2) is 48.7 Å². The molecule has 1 aliphatic heterocycles. The number of fused-ring (bicyclic) bond motifs is 1. The number of amides is 3. The van der Waals surface area contributed by atoms with Crippen LogP contribution < -0.4 is 5.32 Å². The van der Waals surface area contributed by atoms with Crippen molar-refractivity contribution in [2.75, 3.05) is 0 Å². The molecule has 26 heavy (non-hydrogen) atoms. The molecule has 6 heteroatoms. The van der Waals surface area contributed by atoms with Gasteiger partial charge in [-0.3, -0.25) is 24.3 Å². The zero-order valence-electron chi connectivity index (χ0n) is 14.8. The Kier molecular flexibility index (Phi) is 5.11. The summed E-state index contributed by atoms with van der Waals surface area (Å²) in [5, 5.41) is 2.80. The highest BCUT2D eigenvalue weighted by Gasteiger charge is 2.42. The van der Waals surface area contributed by atoms with E-state index in [-0.39, 0.29) is 18.4 Å². The third-order valence-electron chi connectivity index (χ3n) is 4.30. The first kappa shape index (κ1) is 17.8. The fourth-order valence-corrected chi connectivity index (χ4v) is 3.07. The molecule has 0 unspecified atom stereocenters. The molecule has 0 radical (unpaired) electrons. The predicted molar refractivity (Wildman–Crippen MR) is 96.3 cm³/mol. The van der Waals surface area contributed by atoms with Crippen LogP contribution in [0.1, 0.15) is 46.7 Å². The minimum Gasteiger partial charge on any atom is -0.349 e. The van der Waals surface area contributed by atoms with Gasteiger partial charge in [-0.05, 0) is 36.6 Å². The molecule has 0 saturated heterocycles. The van der Waals surface area contributed by atoms with Crippen molar-refractivity contribution in [3.63, 3.8) is 0 Å². The molecule has 1 aromatic carbocycles. The number of pyridine rings is 1. The van der Waals surface area contributed by atoms with Crippen LogP contribution in [0.3, 0.4) is 0 Å². The normalized spacial score (nSPS) is 14.5. The number of rotatable bonds is 6. The molecule has 0 spiro atoms. The summed E-state index contributed by atoms with van der Waals surface area (Å²) in [6.45, 7) is 4.16. The van der Waals surface area contributed by atoms with E-state index in [4.69, 9.17) is 0 Å². The summed E-state index contributed by atoms with van der Waals surface area (Å²) in [5.41, 5.74) is 1.42. The van der Waals surface area contributed by atoms with E-state index < -0.39 is 17.9 Å². The van der Waals surface area contributed by atoms with Gasteiger partial charge in [0.2, 0.25) is 5.91 Å². The van der Waals surface area contributed by atoms with Gasteiger partial charge in [-0.1, -0.05) is 32.0 Å². The van der Waals surface area contributed by atoms with E-state index in [1.165, 1.54) is 0 Å². The summed E-state index contributed by atoms with van der Waals surface area (Å²) >= 11 is 0. The summed E-state index contributed by atoms with van der Waals surface area (Å²) in [6, 6.07) is 11.3. The molecular weight excluding hydrogens is 330 g/mol. The van der Waals surface area contributed by atoms with Crippen LogP contribution in [0.25, 0.3) is 0 Å². The van der Waals surface area contributed by atoms with E-state index in [1.807, 2.05) is 19.9 Å². The van der Waals surface area contributed by atoms with Crippen molar-refractivity contribution < 1.29 is 14.4 Å². The molecule has 134 valence electrons. The molecule has 1 N–H and O–H groups in total. The first-order valence-electron chi connectivity index (χ1n) is 8.63. The molecule has 2 heterocycles. The maximum absolute atomic E-state index is 12.8. The van der Waals surface area contributed by atoms with Crippen LogP contribution in [0.2, 0.25) is 0 Å². The Morgan fingerprint density at radius 3 is 2.19 bits per heavy atom. The monoisotopic (exact) mass is 351 g/mol. The van der Waals surface area contributed by atoms with Gasteiger partial charge in [0.25, 0.3) is 11.8 Å². The van der Waals surface area contributed by atoms with E-state index in [0.717, 1.165) is 4.90 Å². The van der Waals surface area contributed by atoms with Gasteiger partial charge in [0.15, 0.2) is 0 Å². The number of carbonyl (C=O) groups excluding carboxylic acids is 3. The minimum absolute atomic E-state index is 0.143. The van der Waals surface area contributed by atoms with E-state index in [1.54, 1.807) is 42.6 Å². The molecule has 2 aromatic rings. The summed E-state index contributed by atoms with van der Waals surface area (Å²) < 4.78 is 0. The fraction of sp³-hybridized carbons (Fsp3) is 0.300. The lowest BCUT2D eigenvalue weighted by Crippen LogP contribution is -2.50. The molecule has 1 aromatic heterocycles. The molecule has 1 atom stereocenters. The Bertz CT molecular complexity index is 798. The molecule has 0 fully saturated rings. The van der Waals surface area contributed by atoms with Crippen molar-refractivity contribution in [3.05, 3.63) is 65.5 Å². The summed E-state index contributed by atoms with van der Waals surface area (Å²) in [5.74, 6) is -1.03. The number of hydrogen-bond acceptors (Lipinski definition) is 4. The lowest BCUT2D eigenvalue weighted by molar-refractivity contribution is -0.125. The zero-order chi connectivity index (χ0) is 18.7. The minimum atomic E-state index is -0.842. The Morgan fingerprint density at radius 1 is 1.04 bits per heavy atom. The second kappa shape index (κ2) is 7.47. The van der Waals surface area contributed by atoms with Crippen LogP contribution in [0.4, 0.5) is 0 Å². The quantitative estimate of drug-likeness (QED) is 0.811. The Morgan fingerprint density at radius 2 is 1.65 bits per heavy atom. The van der Waals surface area contributed by atoms with Crippen molar-refractivity contribution in [2.45, 2.75) is 32.9 Å². The molecular formula is C20H21N3O3. The summed E-state index contributed by atoms with van der Waals surface area (Å²) in [6.07, 6.45) is 2.05. The fourth-order valence-electron chi connectivity index (χ4n) is 3.07. The highest BCUT2D eigenvalue weighted by Crippen LogP contribution is 2.27. The van der Waals surface area contributed by atoms with Gasteiger partial charge in [-0.2, -0.15) is 0 Å². The standard InChI is InChI=1S/C20H21N3O3/c1-13(2)11-17(18(24)22-12-14-7-5-6-10-21-14)23-19(25)15-8-3-4-9-16(15)20(23)26/h3-10,13,17H,11-12H2,1-2H3,(H,22,24)/t17-/m1/s1. The number of aromatic nitrogens is 1. The van der Waals surface area contributed by atoms with Crippen molar-refractivity contribution in [1.82, 2.24) is 15.2 Å². The van der Waals surface area contributed by atoms with E-state index in [0.29, 0.717) is 23.2 Å². The number of benzene rings is 1. The van der Waals surface area contributed by atoms with Crippen molar-refractivity contribution in [1.29, 1.82) is 0 Å². The van der Waals surface area contributed by atoms with Gasteiger partial charge in [0.1, 0.15) is 6.04 Å². The number of nitrogens with one attached hydrogen (secondary N) is 1. The number of nitrogens with zero attached hydrogens (tertiary/aromatic N) is 2. The lowest BCUT2D eigenvalue weighted by Gasteiger charge is -2.26. The number of carbonyl (C=O) groups is 3. The first-order valence-corrected chi connectivity index (χ1v) is 8.63. The molecule has 3 rings (SSSR count). The van der Waals surface area contributed by atoms with Gasteiger partial charge in [-0.15, -0.1) is 0 Å². The van der Waals surface area contributed by atoms with Gasteiger partial charge in [-0.25, -0.2) is 0 Å². The Hall–Kier alpha value is -3.02. The zero-order valence-corrected chi connectivity index (χ0v) is 14.8. The maximum atomic E-state index is 12.8. The Balaban J connectivity index is 1.81. The van der Waals surface area contributed by atoms with Gasteiger partial charge < -0.3 is 5.32 Å². The highest BCUT2D eigenvalue weighted by molar-refractivity contribution is 6.22. The third kappa shape index (κ3) is 3.49. The van der Waals surface area contributed by atoms with Crippen molar-refractivity contribution in [3.8, 4) is 0 Å². The first-order chi connectivity index (χ1) is 12.5. The van der Waals surface area contributed by atoms with E-state index in [2.05, 4.69) is 10.3 Å². The molecule has 3 amide bonds. The Labute approximate surface area is 152 Å². The topological polar surface area (TPSA) is 79.4 Å². The van der Waals surface area contributed by atoms with Gasteiger partial charge >= 0.3 is 0 Å². The molecule has 1 aliphatic rings. The van der Waals surface area contributed by atoms with E-state index in [9.17, 15) is 14.4 Å². The smallest absolute Gasteiger partial charge is 0.262 e. The van der Waals surface area contributed by atoms with Gasteiger partial charge in [0, 0.05) is 6.20 Å². The van der Waals surface area contributed by atoms with Crippen LogP contribution >= 0.6 is 0 Å². The van der Waals surface area contributed by atoms with Crippen molar-refractivity contribution >= 4 is 17.7 Å². The highest BCUT2D eigenvalue weighted by atomic mass is 16.2. The average Bonchev–Trinajstić information content (AvgIpc) is 2.90. The maximum Gasteiger partial charge on any atom is 0.262 e. The molecule has 0 aliphatic carbocycles. The second-order valence-electron chi connectivity index (χ2n) is 6.71. The molecule has 0 bridgehead atoms. The second-order valence-corrected chi connectivity index (χ2v) is 6.71. The third-order valence-corrected chi connectivity index (χ3v) is 4.30. The van der Waals surface area contributed by atoms with Crippen LogP contribution in [-0.4, -0.2) is 33.6 Å². The lowest BCUT2D eigenvalue weighted by atomic mass is 10.0. The van der Waals surface area contributed by atoms with Crippen molar-refractivity contribution in [2.24, 2.45) is 5.92 Å². The van der Waals surface area contributed by atoms with Gasteiger partial charge in [0.05, 0.1) is 23.4 Å².